The molecule has 25 heavy (non-hydrogen) atoms. The summed E-state index contributed by atoms with van der Waals surface area (Å²) in [4.78, 5) is 22.5. The van der Waals surface area contributed by atoms with Crippen LogP contribution in [0.5, 0.6) is 5.75 Å². The predicted molar refractivity (Wildman–Crippen MR) is 100 cm³/mol. The van der Waals surface area contributed by atoms with Crippen LogP contribution in [0, 0.1) is 0 Å². The van der Waals surface area contributed by atoms with Crippen molar-refractivity contribution < 1.29 is 19.4 Å². The van der Waals surface area contributed by atoms with E-state index in [4.69, 9.17) is 9.84 Å². The number of amides is 1. The zero-order valence-electron chi connectivity index (χ0n) is 14.0. The first-order valence-electron chi connectivity index (χ1n) is 7.97. The zero-order valence-corrected chi connectivity index (χ0v) is 14.8. The smallest absolute Gasteiger partial charge is 0.313 e. The van der Waals surface area contributed by atoms with Gasteiger partial charge in [0, 0.05) is 11.4 Å². The largest absolute Gasteiger partial charge is 0.484 e. The lowest BCUT2D eigenvalue weighted by molar-refractivity contribution is -0.133. The second-order valence-corrected chi connectivity index (χ2v) is 6.41. The van der Waals surface area contributed by atoms with E-state index < -0.39 is 5.97 Å². The van der Waals surface area contributed by atoms with E-state index in [0.717, 1.165) is 12.0 Å². The molecule has 0 atom stereocenters. The maximum atomic E-state index is 12.0. The summed E-state index contributed by atoms with van der Waals surface area (Å²) in [7, 11) is 0. The number of aryl methyl sites for hydroxylation is 1. The molecule has 0 aromatic heterocycles. The number of aliphatic carboxylic acids is 1. The van der Waals surface area contributed by atoms with Crippen LogP contribution in [0.1, 0.15) is 18.1 Å². The molecule has 2 aromatic carbocycles. The van der Waals surface area contributed by atoms with E-state index in [1.807, 2.05) is 42.5 Å². The normalized spacial score (nSPS) is 10.3. The molecule has 0 aliphatic heterocycles. The standard InChI is InChI=1S/C19H21NO4S/c1-2-14-6-8-17(9-7-14)24-11-18(21)20-16-5-3-4-15(10-16)12-25-13-19(22)23/h3-10H,2,11-13H2,1H3,(H,20,21)(H,22,23). The van der Waals surface area contributed by atoms with Crippen LogP contribution in [0.4, 0.5) is 5.69 Å². The Morgan fingerprint density at radius 3 is 2.56 bits per heavy atom. The molecule has 0 aliphatic carbocycles. The number of carbonyl (C=O) groups excluding carboxylic acids is 1. The second kappa shape index (κ2) is 9.74. The number of rotatable bonds is 9. The molecule has 0 heterocycles. The van der Waals surface area contributed by atoms with E-state index in [0.29, 0.717) is 17.2 Å². The molecule has 0 saturated carbocycles. The van der Waals surface area contributed by atoms with Gasteiger partial charge in [0.25, 0.3) is 5.91 Å². The summed E-state index contributed by atoms with van der Waals surface area (Å²) in [6.45, 7) is 2.01. The van der Waals surface area contributed by atoms with E-state index >= 15 is 0 Å². The molecule has 0 aliphatic rings. The number of hydrogen-bond acceptors (Lipinski definition) is 4. The van der Waals surface area contributed by atoms with E-state index in [2.05, 4.69) is 12.2 Å². The van der Waals surface area contributed by atoms with Gasteiger partial charge >= 0.3 is 5.97 Å². The van der Waals surface area contributed by atoms with E-state index in [9.17, 15) is 9.59 Å². The van der Waals surface area contributed by atoms with Crippen molar-refractivity contribution in [2.75, 3.05) is 17.7 Å². The first-order chi connectivity index (χ1) is 12.1. The van der Waals surface area contributed by atoms with Gasteiger partial charge in [-0.3, -0.25) is 9.59 Å². The Kier molecular flexibility index (Phi) is 7.35. The van der Waals surface area contributed by atoms with Crippen LogP contribution in [0.2, 0.25) is 0 Å². The summed E-state index contributed by atoms with van der Waals surface area (Å²) in [5.41, 5.74) is 2.85. The Labute approximate surface area is 151 Å². The lowest BCUT2D eigenvalue weighted by Gasteiger charge is -2.09. The van der Waals surface area contributed by atoms with Crippen molar-refractivity contribution in [2.24, 2.45) is 0 Å². The van der Waals surface area contributed by atoms with Gasteiger partial charge < -0.3 is 15.2 Å². The molecule has 2 aromatic rings. The van der Waals surface area contributed by atoms with Crippen molar-refractivity contribution in [1.29, 1.82) is 0 Å². The number of benzene rings is 2. The van der Waals surface area contributed by atoms with Gasteiger partial charge in [0.2, 0.25) is 0 Å². The molecule has 132 valence electrons. The van der Waals surface area contributed by atoms with Gasteiger partial charge in [-0.1, -0.05) is 31.2 Å². The lowest BCUT2D eigenvalue weighted by atomic mass is 10.2. The molecule has 2 rings (SSSR count). The fourth-order valence-electron chi connectivity index (χ4n) is 2.16. The molecule has 0 fully saturated rings. The summed E-state index contributed by atoms with van der Waals surface area (Å²) < 4.78 is 5.48. The van der Waals surface area contributed by atoms with Crippen LogP contribution in [0.15, 0.2) is 48.5 Å². The van der Waals surface area contributed by atoms with Crippen LogP contribution in [-0.2, 0) is 21.8 Å². The Bertz CT molecular complexity index is 716. The molecule has 5 nitrogen and oxygen atoms in total. The summed E-state index contributed by atoms with van der Waals surface area (Å²) in [6.07, 6.45) is 0.960. The molecular formula is C19H21NO4S. The molecule has 1 amide bonds. The number of ether oxygens (including phenoxy) is 1. The van der Waals surface area contributed by atoms with Crippen molar-refractivity contribution in [3.8, 4) is 5.75 Å². The van der Waals surface area contributed by atoms with Crippen LogP contribution in [0.25, 0.3) is 0 Å². The lowest BCUT2D eigenvalue weighted by Crippen LogP contribution is -2.20. The molecule has 2 N–H and O–H groups in total. The SMILES string of the molecule is CCc1ccc(OCC(=O)Nc2cccc(CSCC(=O)O)c2)cc1. The topological polar surface area (TPSA) is 75.6 Å². The number of hydrogen-bond donors (Lipinski definition) is 2. The Morgan fingerprint density at radius 2 is 1.88 bits per heavy atom. The third kappa shape index (κ3) is 6.89. The molecule has 0 unspecified atom stereocenters. The number of thioether (sulfide) groups is 1. The van der Waals surface area contributed by atoms with Gasteiger partial charge in [-0.2, -0.15) is 0 Å². The number of carboxylic acid groups (broad SMARTS) is 1. The Morgan fingerprint density at radius 1 is 1.12 bits per heavy atom. The van der Waals surface area contributed by atoms with Gasteiger partial charge in [0.1, 0.15) is 5.75 Å². The zero-order chi connectivity index (χ0) is 18.1. The molecule has 0 radical (unpaired) electrons. The Hall–Kier alpha value is -2.47. The Balaban J connectivity index is 1.82. The van der Waals surface area contributed by atoms with Crippen molar-refractivity contribution in [1.82, 2.24) is 0 Å². The minimum Gasteiger partial charge on any atom is -0.484 e. The van der Waals surface area contributed by atoms with Crippen LogP contribution in [-0.4, -0.2) is 29.3 Å². The molecule has 0 bridgehead atoms. The molecule has 0 spiro atoms. The summed E-state index contributed by atoms with van der Waals surface area (Å²) in [6, 6.07) is 15.0. The van der Waals surface area contributed by atoms with Gasteiger partial charge in [-0.05, 0) is 41.8 Å². The fraction of sp³-hybridized carbons (Fsp3) is 0.263. The van der Waals surface area contributed by atoms with E-state index in [1.54, 1.807) is 6.07 Å². The number of carboxylic acids is 1. The van der Waals surface area contributed by atoms with Gasteiger partial charge in [-0.15, -0.1) is 11.8 Å². The van der Waals surface area contributed by atoms with Crippen molar-refractivity contribution >= 4 is 29.3 Å². The first kappa shape index (κ1) is 18.9. The molecule has 6 heteroatoms. The first-order valence-corrected chi connectivity index (χ1v) is 9.12. The highest BCUT2D eigenvalue weighted by atomic mass is 32.2. The maximum absolute atomic E-state index is 12.0. The van der Waals surface area contributed by atoms with E-state index in [1.165, 1.54) is 17.3 Å². The molecular weight excluding hydrogens is 338 g/mol. The van der Waals surface area contributed by atoms with Crippen LogP contribution < -0.4 is 10.1 Å². The van der Waals surface area contributed by atoms with Crippen LogP contribution >= 0.6 is 11.8 Å². The predicted octanol–water partition coefficient (Wildman–Crippen LogP) is 3.58. The van der Waals surface area contributed by atoms with Crippen LogP contribution in [0.3, 0.4) is 0 Å². The average Bonchev–Trinajstić information content (AvgIpc) is 2.60. The average molecular weight is 359 g/mol. The highest BCUT2D eigenvalue weighted by Gasteiger charge is 2.05. The van der Waals surface area contributed by atoms with Gasteiger partial charge in [0.05, 0.1) is 5.75 Å². The van der Waals surface area contributed by atoms with E-state index in [-0.39, 0.29) is 18.3 Å². The summed E-state index contributed by atoms with van der Waals surface area (Å²) >= 11 is 1.32. The quantitative estimate of drug-likeness (QED) is 0.716. The van der Waals surface area contributed by atoms with Crippen molar-refractivity contribution in [2.45, 2.75) is 19.1 Å². The molecule has 0 saturated heterocycles. The van der Waals surface area contributed by atoms with Crippen molar-refractivity contribution in [3.63, 3.8) is 0 Å². The third-order valence-corrected chi connectivity index (χ3v) is 4.40. The van der Waals surface area contributed by atoms with Gasteiger partial charge in [0.15, 0.2) is 6.61 Å². The minimum absolute atomic E-state index is 0.0568. The van der Waals surface area contributed by atoms with Crippen molar-refractivity contribution in [3.05, 3.63) is 59.7 Å². The van der Waals surface area contributed by atoms with Gasteiger partial charge in [-0.25, -0.2) is 0 Å². The number of nitrogens with one attached hydrogen (secondary N) is 1. The number of carbonyl (C=O) groups is 2. The maximum Gasteiger partial charge on any atom is 0.313 e. The fourth-order valence-corrected chi connectivity index (χ4v) is 2.85. The monoisotopic (exact) mass is 359 g/mol. The summed E-state index contributed by atoms with van der Waals surface area (Å²) in [5.74, 6) is 0.219. The summed E-state index contributed by atoms with van der Waals surface area (Å²) in [5, 5.41) is 11.4. The number of anilines is 1. The minimum atomic E-state index is -0.835. The second-order valence-electron chi connectivity index (χ2n) is 5.42. The highest BCUT2D eigenvalue weighted by molar-refractivity contribution is 7.99. The highest BCUT2D eigenvalue weighted by Crippen LogP contribution is 2.17. The third-order valence-electron chi connectivity index (χ3n) is 3.41.